The second kappa shape index (κ2) is 9.65. The van der Waals surface area contributed by atoms with E-state index in [1.807, 2.05) is 6.07 Å². The van der Waals surface area contributed by atoms with E-state index in [9.17, 15) is 14.9 Å². The summed E-state index contributed by atoms with van der Waals surface area (Å²) < 4.78 is 20.9. The standard InChI is InChI=1S/C22H24N2O6/c1-7-30-22(26)18-12(2)19(24-13(18)3)20(25)15(11-23)8-14-9-16(27-4)21(29-6)17(10-14)28-5/h8-10,24H,7H2,1-6H3/b15-8-. The van der Waals surface area contributed by atoms with Gasteiger partial charge in [0.05, 0.1) is 39.2 Å². The molecule has 0 spiro atoms. The Balaban J connectivity index is 2.52. The maximum absolute atomic E-state index is 13.0. The van der Waals surface area contributed by atoms with Gasteiger partial charge in [-0.2, -0.15) is 5.26 Å². The van der Waals surface area contributed by atoms with Crippen molar-refractivity contribution < 1.29 is 28.5 Å². The molecule has 0 amide bonds. The van der Waals surface area contributed by atoms with E-state index in [2.05, 4.69) is 4.98 Å². The summed E-state index contributed by atoms with van der Waals surface area (Å²) in [5.74, 6) is 0.128. The van der Waals surface area contributed by atoms with Crippen molar-refractivity contribution >= 4 is 17.8 Å². The number of hydrogen-bond donors (Lipinski definition) is 1. The van der Waals surface area contributed by atoms with E-state index in [-0.39, 0.29) is 17.9 Å². The van der Waals surface area contributed by atoms with E-state index in [0.29, 0.717) is 39.6 Å². The molecule has 0 fully saturated rings. The van der Waals surface area contributed by atoms with Gasteiger partial charge in [0.2, 0.25) is 11.5 Å². The highest BCUT2D eigenvalue weighted by Gasteiger charge is 2.25. The number of carbonyl (C=O) groups is 2. The van der Waals surface area contributed by atoms with Gasteiger partial charge >= 0.3 is 5.97 Å². The summed E-state index contributed by atoms with van der Waals surface area (Å²) in [6.45, 7) is 5.23. The van der Waals surface area contributed by atoms with Crippen molar-refractivity contribution in [1.29, 1.82) is 5.26 Å². The lowest BCUT2D eigenvalue weighted by molar-refractivity contribution is 0.0525. The second-order valence-corrected chi connectivity index (χ2v) is 6.30. The largest absolute Gasteiger partial charge is 0.493 e. The van der Waals surface area contributed by atoms with Crippen LogP contribution >= 0.6 is 0 Å². The van der Waals surface area contributed by atoms with Crippen LogP contribution < -0.4 is 14.2 Å². The van der Waals surface area contributed by atoms with Crippen LogP contribution in [0.3, 0.4) is 0 Å². The van der Waals surface area contributed by atoms with E-state index >= 15 is 0 Å². The molecule has 158 valence electrons. The van der Waals surface area contributed by atoms with Crippen LogP contribution in [0, 0.1) is 25.2 Å². The Hall–Kier alpha value is -3.73. The van der Waals surface area contributed by atoms with Crippen molar-refractivity contribution in [3.8, 4) is 23.3 Å². The number of H-pyrrole nitrogens is 1. The predicted molar refractivity (Wildman–Crippen MR) is 110 cm³/mol. The van der Waals surface area contributed by atoms with Crippen molar-refractivity contribution in [3.63, 3.8) is 0 Å². The van der Waals surface area contributed by atoms with Crippen LogP contribution in [0.4, 0.5) is 0 Å². The number of nitrogens with zero attached hydrogens (tertiary/aromatic N) is 1. The third-order valence-electron chi connectivity index (χ3n) is 4.51. The molecule has 0 saturated heterocycles. The zero-order valence-electron chi connectivity index (χ0n) is 17.8. The fourth-order valence-electron chi connectivity index (χ4n) is 3.12. The molecule has 1 aromatic carbocycles. The molecule has 8 nitrogen and oxygen atoms in total. The van der Waals surface area contributed by atoms with Gasteiger partial charge in [0, 0.05) is 5.69 Å². The molecule has 1 aromatic heterocycles. The number of nitriles is 1. The van der Waals surface area contributed by atoms with E-state index in [0.717, 1.165) is 0 Å². The van der Waals surface area contributed by atoms with Crippen molar-refractivity contribution in [1.82, 2.24) is 4.98 Å². The number of aromatic amines is 1. The number of aryl methyl sites for hydroxylation is 1. The molecule has 0 unspecified atom stereocenters. The van der Waals surface area contributed by atoms with Crippen molar-refractivity contribution in [2.45, 2.75) is 20.8 Å². The van der Waals surface area contributed by atoms with Crippen molar-refractivity contribution in [2.75, 3.05) is 27.9 Å². The first-order valence-electron chi connectivity index (χ1n) is 9.15. The third kappa shape index (κ3) is 4.30. The van der Waals surface area contributed by atoms with Crippen LogP contribution in [0.5, 0.6) is 17.2 Å². The second-order valence-electron chi connectivity index (χ2n) is 6.30. The molecular weight excluding hydrogens is 388 g/mol. The number of esters is 1. The monoisotopic (exact) mass is 412 g/mol. The molecule has 1 heterocycles. The van der Waals surface area contributed by atoms with Gasteiger partial charge in [-0.3, -0.25) is 4.79 Å². The fraction of sp³-hybridized carbons (Fsp3) is 0.318. The molecule has 2 rings (SSSR count). The predicted octanol–water partition coefficient (Wildman–Crippen LogP) is 3.62. The number of ether oxygens (including phenoxy) is 4. The molecule has 30 heavy (non-hydrogen) atoms. The molecule has 0 bridgehead atoms. The number of methoxy groups -OCH3 is 3. The summed E-state index contributed by atoms with van der Waals surface area (Å²) in [5, 5.41) is 9.60. The number of ketones is 1. The van der Waals surface area contributed by atoms with Gasteiger partial charge in [0.15, 0.2) is 11.5 Å². The maximum atomic E-state index is 13.0. The van der Waals surface area contributed by atoms with Gasteiger partial charge in [0.25, 0.3) is 0 Å². The molecule has 0 radical (unpaired) electrons. The summed E-state index contributed by atoms with van der Waals surface area (Å²) in [7, 11) is 4.43. The number of Topliss-reactive ketones (excluding diaryl/α,β-unsaturated/α-hetero) is 1. The highest BCUT2D eigenvalue weighted by Crippen LogP contribution is 2.38. The summed E-state index contributed by atoms with van der Waals surface area (Å²) in [6.07, 6.45) is 1.42. The normalized spacial score (nSPS) is 10.9. The van der Waals surface area contributed by atoms with E-state index in [4.69, 9.17) is 18.9 Å². The highest BCUT2D eigenvalue weighted by atomic mass is 16.5. The first kappa shape index (κ1) is 22.6. The summed E-state index contributed by atoms with van der Waals surface area (Å²) in [6, 6.07) is 5.18. The minimum absolute atomic E-state index is 0.121. The average molecular weight is 412 g/mol. The highest BCUT2D eigenvalue weighted by molar-refractivity contribution is 6.15. The number of hydrogen-bond acceptors (Lipinski definition) is 7. The Labute approximate surface area is 175 Å². The molecule has 8 heteroatoms. The summed E-state index contributed by atoms with van der Waals surface area (Å²) in [5.41, 5.74) is 1.78. The molecule has 1 N–H and O–H groups in total. The lowest BCUT2D eigenvalue weighted by Gasteiger charge is -2.13. The zero-order valence-corrected chi connectivity index (χ0v) is 17.8. The van der Waals surface area contributed by atoms with E-state index in [1.165, 1.54) is 27.4 Å². The van der Waals surface area contributed by atoms with Gasteiger partial charge in [-0.1, -0.05) is 0 Å². The lowest BCUT2D eigenvalue weighted by atomic mass is 10.0. The Bertz CT molecular complexity index is 1020. The molecule has 0 aliphatic rings. The van der Waals surface area contributed by atoms with Crippen molar-refractivity contribution in [3.05, 3.63) is 45.8 Å². The van der Waals surface area contributed by atoms with Crippen LogP contribution in [-0.2, 0) is 4.74 Å². The number of carbonyl (C=O) groups excluding carboxylic acids is 2. The van der Waals surface area contributed by atoms with E-state index in [1.54, 1.807) is 32.9 Å². The minimum atomic E-state index is -0.539. The van der Waals surface area contributed by atoms with E-state index < -0.39 is 11.8 Å². The van der Waals surface area contributed by atoms with Gasteiger partial charge in [-0.05, 0) is 50.1 Å². The lowest BCUT2D eigenvalue weighted by Crippen LogP contribution is -2.08. The van der Waals surface area contributed by atoms with Gasteiger partial charge in [-0.25, -0.2) is 4.79 Å². The smallest absolute Gasteiger partial charge is 0.340 e. The Morgan fingerprint density at radius 3 is 2.17 bits per heavy atom. The first-order valence-corrected chi connectivity index (χ1v) is 9.15. The Morgan fingerprint density at radius 2 is 1.70 bits per heavy atom. The number of allylic oxidation sites excluding steroid dienone is 1. The summed E-state index contributed by atoms with van der Waals surface area (Å²) >= 11 is 0. The number of rotatable bonds is 8. The SMILES string of the molecule is CCOC(=O)c1c(C)[nH]c(C(=O)/C(C#N)=C\c2cc(OC)c(OC)c(OC)c2)c1C. The van der Waals surface area contributed by atoms with Gasteiger partial charge < -0.3 is 23.9 Å². The number of benzene rings is 1. The van der Waals surface area contributed by atoms with Crippen LogP contribution in [-0.4, -0.2) is 44.7 Å². The number of aromatic nitrogens is 1. The molecule has 0 atom stereocenters. The van der Waals surface area contributed by atoms with Gasteiger partial charge in [-0.15, -0.1) is 0 Å². The maximum Gasteiger partial charge on any atom is 0.340 e. The quantitative estimate of drug-likeness (QED) is 0.305. The van der Waals surface area contributed by atoms with Crippen LogP contribution in [0.1, 0.15) is 44.6 Å². The summed E-state index contributed by atoms with van der Waals surface area (Å²) in [4.78, 5) is 28.1. The topological polar surface area (TPSA) is 111 Å². The average Bonchev–Trinajstić information content (AvgIpc) is 3.04. The molecular formula is C22H24N2O6. The molecule has 0 saturated carbocycles. The first-order chi connectivity index (χ1) is 14.3. The van der Waals surface area contributed by atoms with Crippen LogP contribution in [0.2, 0.25) is 0 Å². The number of nitrogens with one attached hydrogen (secondary N) is 1. The van der Waals surface area contributed by atoms with Crippen LogP contribution in [0.15, 0.2) is 17.7 Å². The molecule has 0 aliphatic heterocycles. The van der Waals surface area contributed by atoms with Crippen molar-refractivity contribution in [2.24, 2.45) is 0 Å². The van der Waals surface area contributed by atoms with Gasteiger partial charge in [0.1, 0.15) is 11.6 Å². The molecule has 2 aromatic rings. The Kier molecular flexibility index (Phi) is 7.26. The van der Waals surface area contributed by atoms with Crippen LogP contribution in [0.25, 0.3) is 6.08 Å². The molecule has 0 aliphatic carbocycles. The Morgan fingerprint density at radius 1 is 1.10 bits per heavy atom. The third-order valence-corrected chi connectivity index (χ3v) is 4.51. The fourth-order valence-corrected chi connectivity index (χ4v) is 3.12. The zero-order chi connectivity index (χ0) is 22.4. The minimum Gasteiger partial charge on any atom is -0.493 e.